The Morgan fingerprint density at radius 1 is 1.29 bits per heavy atom. The lowest BCUT2D eigenvalue weighted by Crippen LogP contribution is -3.13. The number of carbonyl (C=O) groups is 1. The molecule has 1 fully saturated rings. The zero-order valence-electron chi connectivity index (χ0n) is 14.9. The lowest BCUT2D eigenvalue weighted by atomic mass is 9.98. The minimum atomic E-state index is -0.0175. The van der Waals surface area contributed by atoms with Crippen LogP contribution in [0.4, 0.5) is 0 Å². The third kappa shape index (κ3) is 6.04. The third-order valence-corrected chi connectivity index (χ3v) is 4.47. The van der Waals surface area contributed by atoms with Crippen molar-refractivity contribution in [3.05, 3.63) is 24.3 Å². The van der Waals surface area contributed by atoms with Crippen LogP contribution in [0.2, 0.25) is 0 Å². The third-order valence-electron chi connectivity index (χ3n) is 4.47. The number of esters is 1. The normalized spacial score (nSPS) is 20.4. The molecule has 0 saturated carbocycles. The van der Waals surface area contributed by atoms with Gasteiger partial charge in [-0.1, -0.05) is 6.07 Å². The van der Waals surface area contributed by atoms with E-state index in [-0.39, 0.29) is 11.9 Å². The van der Waals surface area contributed by atoms with E-state index in [1.165, 1.54) is 4.90 Å². The Balaban J connectivity index is 1.62. The summed E-state index contributed by atoms with van der Waals surface area (Å²) < 4.78 is 16.1. The number of methoxy groups -OCH3 is 1. The minimum absolute atomic E-state index is 0.0175. The maximum Gasteiger partial charge on any atom is 0.314 e. The SMILES string of the molecule is CCOC(=O)[C@@H]1CCC[NH+](CCCCOc2cccc(OC)c2)C1. The first kappa shape index (κ1) is 18.6. The number of benzene rings is 1. The predicted molar refractivity (Wildman–Crippen MR) is 92.6 cm³/mol. The van der Waals surface area contributed by atoms with Gasteiger partial charge >= 0.3 is 5.97 Å². The van der Waals surface area contributed by atoms with Crippen LogP contribution in [-0.2, 0) is 9.53 Å². The Labute approximate surface area is 144 Å². The number of likely N-dealkylation sites (tertiary alicyclic amines) is 1. The van der Waals surface area contributed by atoms with Gasteiger partial charge in [0.05, 0.1) is 40.0 Å². The van der Waals surface area contributed by atoms with Gasteiger partial charge in [-0.2, -0.15) is 0 Å². The topological polar surface area (TPSA) is 49.2 Å². The highest BCUT2D eigenvalue weighted by atomic mass is 16.5. The standard InChI is InChI=1S/C19H29NO4/c1-3-23-19(21)16-8-7-12-20(15-16)11-4-5-13-24-18-10-6-9-17(14-18)22-2/h6,9-10,14,16H,3-5,7-8,11-13,15H2,1-2H3/p+1/t16-/m1/s1. The molecule has 1 aromatic rings. The van der Waals surface area contributed by atoms with Gasteiger partial charge in [0.25, 0.3) is 0 Å². The van der Waals surface area contributed by atoms with Gasteiger partial charge in [-0.25, -0.2) is 0 Å². The van der Waals surface area contributed by atoms with Crippen LogP contribution in [-0.4, -0.2) is 45.9 Å². The maximum atomic E-state index is 11.9. The summed E-state index contributed by atoms with van der Waals surface area (Å²) in [7, 11) is 1.66. The van der Waals surface area contributed by atoms with Crippen LogP contribution in [0.15, 0.2) is 24.3 Å². The first-order valence-corrected chi connectivity index (χ1v) is 9.00. The van der Waals surface area contributed by atoms with Crippen molar-refractivity contribution in [2.45, 2.75) is 32.6 Å². The highest BCUT2D eigenvalue weighted by Crippen LogP contribution is 2.18. The number of unbranched alkanes of at least 4 members (excludes halogenated alkanes) is 1. The molecule has 0 aliphatic carbocycles. The first-order valence-electron chi connectivity index (χ1n) is 9.00. The van der Waals surface area contributed by atoms with Crippen LogP contribution in [0.5, 0.6) is 11.5 Å². The van der Waals surface area contributed by atoms with Crippen molar-refractivity contribution in [3.63, 3.8) is 0 Å². The van der Waals surface area contributed by atoms with Gasteiger partial charge in [0.1, 0.15) is 17.4 Å². The zero-order valence-corrected chi connectivity index (χ0v) is 14.9. The molecule has 134 valence electrons. The molecule has 0 amide bonds. The molecule has 1 aliphatic rings. The van der Waals surface area contributed by atoms with Crippen molar-refractivity contribution < 1.29 is 23.9 Å². The highest BCUT2D eigenvalue weighted by Gasteiger charge is 2.29. The molecular formula is C19H30NO4+. The van der Waals surface area contributed by atoms with E-state index in [0.717, 1.165) is 56.8 Å². The molecule has 2 atom stereocenters. The average molecular weight is 336 g/mol. The second kappa shape index (κ2) is 10.2. The Morgan fingerprint density at radius 3 is 2.92 bits per heavy atom. The van der Waals surface area contributed by atoms with Crippen LogP contribution in [0.1, 0.15) is 32.6 Å². The molecule has 1 unspecified atom stereocenters. The first-order chi connectivity index (χ1) is 11.7. The van der Waals surface area contributed by atoms with Crippen molar-refractivity contribution >= 4 is 5.97 Å². The second-order valence-electron chi connectivity index (χ2n) is 6.28. The minimum Gasteiger partial charge on any atom is -0.497 e. The fraction of sp³-hybridized carbons (Fsp3) is 0.632. The van der Waals surface area contributed by atoms with Gasteiger partial charge in [0, 0.05) is 6.07 Å². The van der Waals surface area contributed by atoms with Crippen LogP contribution in [0.3, 0.4) is 0 Å². The van der Waals surface area contributed by atoms with E-state index in [2.05, 4.69) is 0 Å². The van der Waals surface area contributed by atoms with Gasteiger partial charge in [-0.3, -0.25) is 4.79 Å². The van der Waals surface area contributed by atoms with E-state index in [1.54, 1.807) is 7.11 Å². The maximum absolute atomic E-state index is 11.9. The number of piperidine rings is 1. The Morgan fingerprint density at radius 2 is 2.12 bits per heavy atom. The van der Waals surface area contributed by atoms with Crippen molar-refractivity contribution in [1.29, 1.82) is 0 Å². The van der Waals surface area contributed by atoms with Gasteiger partial charge < -0.3 is 19.1 Å². The summed E-state index contributed by atoms with van der Waals surface area (Å²) >= 11 is 0. The number of ether oxygens (including phenoxy) is 3. The highest BCUT2D eigenvalue weighted by molar-refractivity contribution is 5.72. The number of quaternary nitrogens is 1. The molecule has 2 rings (SSSR count). The summed E-state index contributed by atoms with van der Waals surface area (Å²) in [6.45, 7) is 6.22. The van der Waals surface area contributed by atoms with E-state index in [9.17, 15) is 4.79 Å². The molecule has 0 bridgehead atoms. The smallest absolute Gasteiger partial charge is 0.314 e. The number of hydrogen-bond donors (Lipinski definition) is 1. The van der Waals surface area contributed by atoms with Crippen molar-refractivity contribution in [2.24, 2.45) is 5.92 Å². The summed E-state index contributed by atoms with van der Waals surface area (Å²) in [5.41, 5.74) is 0. The predicted octanol–water partition coefficient (Wildman–Crippen LogP) is 1.71. The summed E-state index contributed by atoms with van der Waals surface area (Å²) in [5.74, 6) is 1.73. The molecule has 5 heteroatoms. The fourth-order valence-electron chi connectivity index (χ4n) is 3.20. The molecule has 1 heterocycles. The number of carbonyl (C=O) groups excluding carboxylic acids is 1. The lowest BCUT2D eigenvalue weighted by molar-refractivity contribution is -0.907. The Kier molecular flexibility index (Phi) is 7.89. The monoisotopic (exact) mass is 336 g/mol. The van der Waals surface area contributed by atoms with Crippen LogP contribution >= 0.6 is 0 Å². The Bertz CT molecular complexity index is 506. The Hall–Kier alpha value is -1.75. The summed E-state index contributed by atoms with van der Waals surface area (Å²) in [6.07, 6.45) is 4.21. The molecule has 1 saturated heterocycles. The van der Waals surface area contributed by atoms with Crippen LogP contribution in [0, 0.1) is 5.92 Å². The van der Waals surface area contributed by atoms with Crippen LogP contribution < -0.4 is 14.4 Å². The van der Waals surface area contributed by atoms with Crippen LogP contribution in [0.25, 0.3) is 0 Å². The lowest BCUT2D eigenvalue weighted by Gasteiger charge is -2.28. The molecule has 0 radical (unpaired) electrons. The van der Waals surface area contributed by atoms with E-state index in [0.29, 0.717) is 13.2 Å². The van der Waals surface area contributed by atoms with Crippen molar-refractivity contribution in [1.82, 2.24) is 0 Å². The fourth-order valence-corrected chi connectivity index (χ4v) is 3.20. The summed E-state index contributed by atoms with van der Waals surface area (Å²) in [6, 6.07) is 7.69. The molecule has 5 nitrogen and oxygen atoms in total. The summed E-state index contributed by atoms with van der Waals surface area (Å²) in [5, 5.41) is 0. The van der Waals surface area contributed by atoms with E-state index in [1.807, 2.05) is 31.2 Å². The van der Waals surface area contributed by atoms with Gasteiger partial charge in [-0.05, 0) is 44.7 Å². The largest absolute Gasteiger partial charge is 0.497 e. The second-order valence-corrected chi connectivity index (χ2v) is 6.28. The number of nitrogens with one attached hydrogen (secondary N) is 1. The molecule has 1 aromatic carbocycles. The zero-order chi connectivity index (χ0) is 17.2. The molecule has 1 N–H and O–H groups in total. The average Bonchev–Trinajstić information content (AvgIpc) is 2.62. The molecule has 24 heavy (non-hydrogen) atoms. The van der Waals surface area contributed by atoms with Crippen molar-refractivity contribution in [3.8, 4) is 11.5 Å². The number of rotatable bonds is 9. The van der Waals surface area contributed by atoms with E-state index < -0.39 is 0 Å². The molecule has 0 aromatic heterocycles. The number of hydrogen-bond acceptors (Lipinski definition) is 4. The van der Waals surface area contributed by atoms with Gasteiger partial charge in [-0.15, -0.1) is 0 Å². The molecule has 1 aliphatic heterocycles. The molecule has 0 spiro atoms. The van der Waals surface area contributed by atoms with E-state index >= 15 is 0 Å². The van der Waals surface area contributed by atoms with Crippen molar-refractivity contribution in [2.75, 3.05) is 40.0 Å². The quantitative estimate of drug-likeness (QED) is 0.551. The van der Waals surface area contributed by atoms with Gasteiger partial charge in [0.15, 0.2) is 0 Å². The van der Waals surface area contributed by atoms with Gasteiger partial charge in [0.2, 0.25) is 0 Å². The molecular weight excluding hydrogens is 306 g/mol. The summed E-state index contributed by atoms with van der Waals surface area (Å²) in [4.78, 5) is 13.4. The van der Waals surface area contributed by atoms with E-state index in [4.69, 9.17) is 14.2 Å².